The summed E-state index contributed by atoms with van der Waals surface area (Å²) in [6.07, 6.45) is 0.837. The maximum atomic E-state index is 11.7. The number of hydrogen-bond donors (Lipinski definition) is 2. The van der Waals surface area contributed by atoms with Gasteiger partial charge in [-0.3, -0.25) is 0 Å². The predicted molar refractivity (Wildman–Crippen MR) is 82.0 cm³/mol. The number of aryl methyl sites for hydroxylation is 3. The van der Waals surface area contributed by atoms with Gasteiger partial charge < -0.3 is 15.4 Å². The van der Waals surface area contributed by atoms with Gasteiger partial charge >= 0.3 is 6.03 Å². The van der Waals surface area contributed by atoms with Crippen molar-refractivity contribution in [2.75, 3.05) is 19.8 Å². The van der Waals surface area contributed by atoms with Gasteiger partial charge in [-0.15, -0.1) is 0 Å². The van der Waals surface area contributed by atoms with Crippen molar-refractivity contribution in [2.24, 2.45) is 0 Å². The quantitative estimate of drug-likeness (QED) is 0.754. The van der Waals surface area contributed by atoms with Gasteiger partial charge in [0.1, 0.15) is 0 Å². The van der Waals surface area contributed by atoms with E-state index < -0.39 is 0 Å². The van der Waals surface area contributed by atoms with E-state index in [1.54, 1.807) is 0 Å². The number of hydrogen-bond acceptors (Lipinski definition) is 2. The van der Waals surface area contributed by atoms with Gasteiger partial charge in [-0.25, -0.2) is 4.79 Å². The molecule has 0 spiro atoms. The van der Waals surface area contributed by atoms with Crippen molar-refractivity contribution in [3.05, 3.63) is 34.4 Å². The molecule has 0 saturated heterocycles. The van der Waals surface area contributed by atoms with Crippen molar-refractivity contribution in [2.45, 2.75) is 40.7 Å². The third-order valence-electron chi connectivity index (χ3n) is 3.22. The number of rotatable bonds is 7. The van der Waals surface area contributed by atoms with Gasteiger partial charge in [0.05, 0.1) is 0 Å². The summed E-state index contributed by atoms with van der Waals surface area (Å²) in [6, 6.07) is 4.16. The van der Waals surface area contributed by atoms with Gasteiger partial charge in [-0.05, 0) is 50.8 Å². The molecule has 1 aromatic carbocycles. The van der Waals surface area contributed by atoms with Crippen molar-refractivity contribution < 1.29 is 9.53 Å². The molecule has 0 saturated carbocycles. The Balaban J connectivity index is 2.34. The molecule has 0 aliphatic heterocycles. The maximum Gasteiger partial charge on any atom is 0.315 e. The molecule has 0 unspecified atom stereocenters. The van der Waals surface area contributed by atoms with Crippen LogP contribution < -0.4 is 10.6 Å². The lowest BCUT2D eigenvalue weighted by Gasteiger charge is -2.13. The molecule has 0 aliphatic rings. The molecule has 0 heterocycles. The van der Waals surface area contributed by atoms with E-state index in [9.17, 15) is 4.79 Å². The van der Waals surface area contributed by atoms with Crippen molar-refractivity contribution in [3.8, 4) is 0 Å². The second-order valence-electron chi connectivity index (χ2n) is 5.04. The average molecular weight is 278 g/mol. The van der Waals surface area contributed by atoms with E-state index in [1.165, 1.54) is 22.3 Å². The summed E-state index contributed by atoms with van der Waals surface area (Å²) in [6.45, 7) is 10.8. The molecule has 4 heteroatoms. The van der Waals surface area contributed by atoms with Gasteiger partial charge in [-0.1, -0.05) is 17.7 Å². The fraction of sp³-hybridized carbons (Fsp3) is 0.562. The number of carbonyl (C=O) groups is 1. The summed E-state index contributed by atoms with van der Waals surface area (Å²) in [5.74, 6) is 0. The number of ether oxygens (including phenoxy) is 1. The molecule has 0 fully saturated rings. The lowest BCUT2D eigenvalue weighted by Crippen LogP contribution is -2.36. The zero-order valence-corrected chi connectivity index (χ0v) is 13.0. The average Bonchev–Trinajstić information content (AvgIpc) is 2.37. The Morgan fingerprint density at radius 3 is 2.40 bits per heavy atom. The van der Waals surface area contributed by atoms with Gasteiger partial charge in [0.2, 0.25) is 0 Å². The van der Waals surface area contributed by atoms with Gasteiger partial charge in [0.25, 0.3) is 0 Å². The second kappa shape index (κ2) is 8.59. The highest BCUT2D eigenvalue weighted by atomic mass is 16.5. The lowest BCUT2D eigenvalue weighted by atomic mass is 10.00. The Bertz CT molecular complexity index is 421. The molecular formula is C16H26N2O2. The van der Waals surface area contributed by atoms with Crippen molar-refractivity contribution in [1.29, 1.82) is 0 Å². The minimum atomic E-state index is -0.124. The molecule has 1 rings (SSSR count). The summed E-state index contributed by atoms with van der Waals surface area (Å²) in [5.41, 5.74) is 4.89. The number of amides is 2. The highest BCUT2D eigenvalue weighted by molar-refractivity contribution is 5.73. The summed E-state index contributed by atoms with van der Waals surface area (Å²) >= 11 is 0. The minimum absolute atomic E-state index is 0.124. The molecule has 0 bridgehead atoms. The van der Waals surface area contributed by atoms with Gasteiger partial charge in [0.15, 0.2) is 0 Å². The van der Waals surface area contributed by atoms with E-state index >= 15 is 0 Å². The summed E-state index contributed by atoms with van der Waals surface area (Å²) in [7, 11) is 0. The van der Waals surface area contributed by atoms with E-state index in [0.29, 0.717) is 19.7 Å². The van der Waals surface area contributed by atoms with Crippen LogP contribution in [0.15, 0.2) is 12.1 Å². The Morgan fingerprint density at radius 1 is 1.15 bits per heavy atom. The standard InChI is InChI=1S/C16H26N2O2/c1-5-20-8-6-7-17-16(19)18-11-15-13(3)9-12(2)10-14(15)4/h9-10H,5-8,11H2,1-4H3,(H2,17,18,19). The zero-order chi connectivity index (χ0) is 15.0. The van der Waals surface area contributed by atoms with Gasteiger partial charge in [0, 0.05) is 26.3 Å². The van der Waals surface area contributed by atoms with Crippen molar-refractivity contribution >= 4 is 6.03 Å². The Labute approximate surface area is 121 Å². The fourth-order valence-electron chi connectivity index (χ4n) is 2.24. The Kier molecular flexibility index (Phi) is 7.09. The van der Waals surface area contributed by atoms with Crippen LogP contribution in [-0.4, -0.2) is 25.8 Å². The van der Waals surface area contributed by atoms with Crippen LogP contribution in [0.25, 0.3) is 0 Å². The van der Waals surface area contributed by atoms with Crippen LogP contribution in [0, 0.1) is 20.8 Å². The van der Waals surface area contributed by atoms with Crippen LogP contribution in [0.3, 0.4) is 0 Å². The van der Waals surface area contributed by atoms with Crippen molar-refractivity contribution in [3.63, 3.8) is 0 Å². The third-order valence-corrected chi connectivity index (χ3v) is 3.22. The third kappa shape index (κ3) is 5.61. The summed E-state index contributed by atoms with van der Waals surface area (Å²) in [5, 5.41) is 5.73. The number of nitrogens with one attached hydrogen (secondary N) is 2. The minimum Gasteiger partial charge on any atom is -0.382 e. The van der Waals surface area contributed by atoms with E-state index in [2.05, 4.69) is 43.5 Å². The van der Waals surface area contributed by atoms with Crippen LogP contribution in [-0.2, 0) is 11.3 Å². The topological polar surface area (TPSA) is 50.4 Å². The highest BCUT2D eigenvalue weighted by Gasteiger charge is 2.05. The molecule has 0 atom stereocenters. The number of carbonyl (C=O) groups excluding carboxylic acids is 1. The zero-order valence-electron chi connectivity index (χ0n) is 13.0. The molecule has 0 aromatic heterocycles. The Hall–Kier alpha value is -1.55. The molecule has 2 N–H and O–H groups in total. The number of benzene rings is 1. The van der Waals surface area contributed by atoms with Crippen LogP contribution >= 0.6 is 0 Å². The first-order chi connectivity index (χ1) is 9.54. The largest absolute Gasteiger partial charge is 0.382 e. The number of urea groups is 1. The predicted octanol–water partition coefficient (Wildman–Crippen LogP) is 2.84. The summed E-state index contributed by atoms with van der Waals surface area (Å²) in [4.78, 5) is 11.7. The molecular weight excluding hydrogens is 252 g/mol. The Morgan fingerprint density at radius 2 is 1.80 bits per heavy atom. The second-order valence-corrected chi connectivity index (χ2v) is 5.04. The van der Waals surface area contributed by atoms with Crippen LogP contribution in [0.2, 0.25) is 0 Å². The molecule has 0 aliphatic carbocycles. The normalized spacial score (nSPS) is 10.4. The SMILES string of the molecule is CCOCCCNC(=O)NCc1c(C)cc(C)cc1C. The highest BCUT2D eigenvalue weighted by Crippen LogP contribution is 2.15. The lowest BCUT2D eigenvalue weighted by molar-refractivity contribution is 0.145. The smallest absolute Gasteiger partial charge is 0.315 e. The monoisotopic (exact) mass is 278 g/mol. The first-order valence-corrected chi connectivity index (χ1v) is 7.20. The van der Waals surface area contributed by atoms with E-state index in [0.717, 1.165) is 13.0 Å². The molecule has 20 heavy (non-hydrogen) atoms. The van der Waals surface area contributed by atoms with Gasteiger partial charge in [-0.2, -0.15) is 0 Å². The van der Waals surface area contributed by atoms with E-state index in [1.807, 2.05) is 6.92 Å². The first kappa shape index (κ1) is 16.5. The maximum absolute atomic E-state index is 11.7. The molecule has 4 nitrogen and oxygen atoms in total. The summed E-state index contributed by atoms with van der Waals surface area (Å²) < 4.78 is 5.22. The van der Waals surface area contributed by atoms with E-state index in [4.69, 9.17) is 4.74 Å². The molecule has 0 radical (unpaired) electrons. The van der Waals surface area contributed by atoms with Crippen molar-refractivity contribution in [1.82, 2.24) is 10.6 Å². The van der Waals surface area contributed by atoms with Crippen LogP contribution in [0.5, 0.6) is 0 Å². The fourth-order valence-corrected chi connectivity index (χ4v) is 2.24. The molecule has 1 aromatic rings. The first-order valence-electron chi connectivity index (χ1n) is 7.20. The molecule has 2 amide bonds. The van der Waals surface area contributed by atoms with Crippen LogP contribution in [0.4, 0.5) is 4.79 Å². The molecule has 112 valence electrons. The van der Waals surface area contributed by atoms with Crippen LogP contribution in [0.1, 0.15) is 35.6 Å². The van der Waals surface area contributed by atoms with E-state index in [-0.39, 0.29) is 6.03 Å².